The van der Waals surface area contributed by atoms with Gasteiger partial charge in [0.1, 0.15) is 0 Å². The Bertz CT molecular complexity index is 950. The van der Waals surface area contributed by atoms with E-state index in [4.69, 9.17) is 4.74 Å². The number of nitrogens with one attached hydrogen (secondary N) is 1. The number of aromatic hydroxyl groups is 1. The van der Waals surface area contributed by atoms with Crippen LogP contribution in [0, 0.1) is 0 Å². The smallest absolute Gasteiger partial charge is 0.255 e. The van der Waals surface area contributed by atoms with Gasteiger partial charge in [-0.05, 0) is 37.0 Å². The average molecular weight is 384 g/mol. The second-order valence-electron chi connectivity index (χ2n) is 7.26. The molecule has 2 aliphatic rings. The standard InChI is InChI=1S/C20H24N4O4/c1-28-17-10-13(4-5-16(17)25)11-18(26)24-9-6-14-15(12-24)21-20(22-19(14)27)23-7-2-3-8-23/h4-5,10,25H,2-3,6-9,11-12H2,1H3,(H,21,22,27). The molecule has 0 bridgehead atoms. The summed E-state index contributed by atoms with van der Waals surface area (Å²) in [6.07, 6.45) is 2.90. The highest BCUT2D eigenvalue weighted by atomic mass is 16.5. The number of methoxy groups -OCH3 is 1. The maximum atomic E-state index is 12.8. The molecule has 2 aliphatic heterocycles. The molecular formula is C20H24N4O4. The first-order valence-corrected chi connectivity index (χ1v) is 9.56. The summed E-state index contributed by atoms with van der Waals surface area (Å²) in [6, 6.07) is 4.90. The summed E-state index contributed by atoms with van der Waals surface area (Å²) in [6.45, 7) is 2.63. The molecule has 8 nitrogen and oxygen atoms in total. The van der Waals surface area contributed by atoms with Crippen molar-refractivity contribution in [3.63, 3.8) is 0 Å². The van der Waals surface area contributed by atoms with E-state index in [1.54, 1.807) is 17.0 Å². The molecular weight excluding hydrogens is 360 g/mol. The summed E-state index contributed by atoms with van der Waals surface area (Å²) in [5.41, 5.74) is 2.04. The van der Waals surface area contributed by atoms with Crippen LogP contribution in [0.2, 0.25) is 0 Å². The van der Waals surface area contributed by atoms with Gasteiger partial charge in [0.25, 0.3) is 5.56 Å². The average Bonchev–Trinajstić information content (AvgIpc) is 3.24. The molecule has 0 saturated carbocycles. The topological polar surface area (TPSA) is 98.8 Å². The van der Waals surface area contributed by atoms with Gasteiger partial charge < -0.3 is 19.6 Å². The fourth-order valence-corrected chi connectivity index (χ4v) is 3.84. The van der Waals surface area contributed by atoms with Crippen molar-refractivity contribution in [1.82, 2.24) is 14.9 Å². The first-order valence-electron chi connectivity index (χ1n) is 9.56. The summed E-state index contributed by atoms with van der Waals surface area (Å²) in [5.74, 6) is 0.961. The van der Waals surface area contributed by atoms with Crippen molar-refractivity contribution in [2.45, 2.75) is 32.2 Å². The van der Waals surface area contributed by atoms with Crippen LogP contribution in [-0.4, -0.2) is 52.6 Å². The number of phenolic OH excluding ortho intramolecular Hbond substituents is 1. The predicted octanol–water partition coefficient (Wildman–Crippen LogP) is 1.21. The number of rotatable bonds is 4. The normalized spacial score (nSPS) is 16.2. The third kappa shape index (κ3) is 3.54. The lowest BCUT2D eigenvalue weighted by Gasteiger charge is -2.29. The summed E-state index contributed by atoms with van der Waals surface area (Å²) < 4.78 is 5.11. The number of anilines is 1. The van der Waals surface area contributed by atoms with Crippen LogP contribution in [-0.2, 0) is 24.2 Å². The third-order valence-electron chi connectivity index (χ3n) is 5.42. The van der Waals surface area contributed by atoms with E-state index in [0.29, 0.717) is 42.5 Å². The predicted molar refractivity (Wildman–Crippen MR) is 104 cm³/mol. The second kappa shape index (κ2) is 7.53. The number of benzene rings is 1. The number of aromatic nitrogens is 2. The fraction of sp³-hybridized carbons (Fsp3) is 0.450. The minimum Gasteiger partial charge on any atom is -0.504 e. The van der Waals surface area contributed by atoms with Crippen LogP contribution >= 0.6 is 0 Å². The zero-order valence-corrected chi connectivity index (χ0v) is 15.9. The van der Waals surface area contributed by atoms with E-state index in [1.807, 2.05) is 0 Å². The van der Waals surface area contributed by atoms with Crippen LogP contribution in [0.3, 0.4) is 0 Å². The number of phenols is 1. The van der Waals surface area contributed by atoms with Gasteiger partial charge in [-0.3, -0.25) is 14.6 Å². The van der Waals surface area contributed by atoms with Gasteiger partial charge in [-0.15, -0.1) is 0 Å². The number of ether oxygens (including phenoxy) is 1. The van der Waals surface area contributed by atoms with Crippen molar-refractivity contribution in [2.24, 2.45) is 0 Å². The van der Waals surface area contributed by atoms with Crippen molar-refractivity contribution in [3.05, 3.63) is 45.4 Å². The summed E-state index contributed by atoms with van der Waals surface area (Å²) in [5, 5.41) is 9.70. The number of aromatic amines is 1. The Labute approximate surface area is 162 Å². The molecule has 4 rings (SSSR count). The van der Waals surface area contributed by atoms with Gasteiger partial charge in [-0.25, -0.2) is 4.98 Å². The van der Waals surface area contributed by atoms with E-state index in [9.17, 15) is 14.7 Å². The minimum absolute atomic E-state index is 0.0387. The molecule has 1 saturated heterocycles. The molecule has 1 aromatic carbocycles. The molecule has 1 amide bonds. The van der Waals surface area contributed by atoms with Gasteiger partial charge in [-0.1, -0.05) is 6.07 Å². The van der Waals surface area contributed by atoms with Crippen molar-refractivity contribution in [1.29, 1.82) is 0 Å². The van der Waals surface area contributed by atoms with Crippen LogP contribution in [0.4, 0.5) is 5.95 Å². The Morgan fingerprint density at radius 2 is 2.07 bits per heavy atom. The van der Waals surface area contributed by atoms with Crippen molar-refractivity contribution >= 4 is 11.9 Å². The van der Waals surface area contributed by atoms with Gasteiger partial charge >= 0.3 is 0 Å². The molecule has 1 aromatic heterocycles. The molecule has 2 aromatic rings. The number of nitrogens with zero attached hydrogens (tertiary/aromatic N) is 3. The number of hydrogen-bond acceptors (Lipinski definition) is 6. The molecule has 2 N–H and O–H groups in total. The maximum absolute atomic E-state index is 12.8. The second-order valence-corrected chi connectivity index (χ2v) is 7.26. The lowest BCUT2D eigenvalue weighted by molar-refractivity contribution is -0.131. The Hall–Kier alpha value is -3.03. The number of carbonyl (C=O) groups is 1. The Balaban J connectivity index is 1.51. The molecule has 0 spiro atoms. The quantitative estimate of drug-likeness (QED) is 0.822. The zero-order valence-electron chi connectivity index (χ0n) is 15.9. The summed E-state index contributed by atoms with van der Waals surface area (Å²) in [7, 11) is 1.48. The molecule has 8 heteroatoms. The molecule has 148 valence electrons. The highest BCUT2D eigenvalue weighted by molar-refractivity contribution is 5.79. The molecule has 0 radical (unpaired) electrons. The van der Waals surface area contributed by atoms with Gasteiger partial charge in [0, 0.05) is 25.2 Å². The Morgan fingerprint density at radius 1 is 1.29 bits per heavy atom. The van der Waals surface area contributed by atoms with E-state index in [-0.39, 0.29) is 23.6 Å². The van der Waals surface area contributed by atoms with E-state index in [1.165, 1.54) is 13.2 Å². The van der Waals surface area contributed by atoms with Crippen LogP contribution < -0.4 is 15.2 Å². The van der Waals surface area contributed by atoms with Crippen LogP contribution in [0.15, 0.2) is 23.0 Å². The van der Waals surface area contributed by atoms with Crippen molar-refractivity contribution < 1.29 is 14.6 Å². The number of fused-ring (bicyclic) bond motifs is 1. The van der Waals surface area contributed by atoms with Crippen LogP contribution in [0.25, 0.3) is 0 Å². The monoisotopic (exact) mass is 384 g/mol. The largest absolute Gasteiger partial charge is 0.504 e. The van der Waals surface area contributed by atoms with Gasteiger partial charge in [0.2, 0.25) is 11.9 Å². The molecule has 0 atom stereocenters. The van der Waals surface area contributed by atoms with E-state index >= 15 is 0 Å². The van der Waals surface area contributed by atoms with Crippen LogP contribution in [0.5, 0.6) is 11.5 Å². The highest BCUT2D eigenvalue weighted by Crippen LogP contribution is 2.27. The summed E-state index contributed by atoms with van der Waals surface area (Å²) in [4.78, 5) is 36.6. The van der Waals surface area contributed by atoms with Gasteiger partial charge in [0.05, 0.1) is 25.8 Å². The zero-order chi connectivity index (χ0) is 19.7. The molecule has 1 fully saturated rings. The lowest BCUT2D eigenvalue weighted by atomic mass is 10.0. The van der Waals surface area contributed by atoms with Gasteiger partial charge in [0.15, 0.2) is 11.5 Å². The Kier molecular flexibility index (Phi) is 4.93. The maximum Gasteiger partial charge on any atom is 0.255 e. The summed E-state index contributed by atoms with van der Waals surface area (Å²) >= 11 is 0. The minimum atomic E-state index is -0.0951. The first kappa shape index (κ1) is 18.3. The van der Waals surface area contributed by atoms with Crippen molar-refractivity contribution in [3.8, 4) is 11.5 Å². The Morgan fingerprint density at radius 3 is 2.82 bits per heavy atom. The fourth-order valence-electron chi connectivity index (χ4n) is 3.84. The number of carbonyl (C=O) groups excluding carboxylic acids is 1. The first-order chi connectivity index (χ1) is 13.5. The molecule has 0 unspecified atom stereocenters. The third-order valence-corrected chi connectivity index (χ3v) is 5.42. The van der Waals surface area contributed by atoms with Crippen LogP contribution in [0.1, 0.15) is 29.7 Å². The molecule has 28 heavy (non-hydrogen) atoms. The SMILES string of the molecule is COc1cc(CC(=O)N2CCc3c(nc(N4CCCC4)[nH]c3=O)C2)ccc1O. The number of hydrogen-bond donors (Lipinski definition) is 2. The number of amides is 1. The molecule has 0 aliphatic carbocycles. The molecule has 3 heterocycles. The van der Waals surface area contributed by atoms with E-state index < -0.39 is 0 Å². The van der Waals surface area contributed by atoms with E-state index in [0.717, 1.165) is 31.5 Å². The van der Waals surface area contributed by atoms with Crippen molar-refractivity contribution in [2.75, 3.05) is 31.6 Å². The van der Waals surface area contributed by atoms with Gasteiger partial charge in [-0.2, -0.15) is 0 Å². The number of H-pyrrole nitrogens is 1. The van der Waals surface area contributed by atoms with E-state index in [2.05, 4.69) is 14.9 Å². The lowest BCUT2D eigenvalue weighted by Crippen LogP contribution is -2.40. The highest BCUT2D eigenvalue weighted by Gasteiger charge is 2.26.